The van der Waals surface area contributed by atoms with E-state index >= 15 is 0 Å². The predicted molar refractivity (Wildman–Crippen MR) is 101 cm³/mol. The number of likely N-dealkylation sites (tertiary alicyclic amines) is 1. The number of aliphatic hydroxyl groups is 1. The Labute approximate surface area is 152 Å². The van der Waals surface area contributed by atoms with Gasteiger partial charge in [-0.05, 0) is 46.6 Å². The Hall–Kier alpha value is -0.820. The molecule has 0 bridgehead atoms. The lowest BCUT2D eigenvalue weighted by Crippen LogP contribution is -2.46. The molecule has 6 heteroatoms. The first-order valence-electron chi connectivity index (χ1n) is 9.66. The standard InChI is InChI=1S/C19H37N3O3/c1-13(2)20-9-7-6-8-17(15(5)23)21-11-19(25)18-10-16(24)12-22(18)14(3)4/h13-14,16-18,20-21,24H,6-12H2,1-5H3. The van der Waals surface area contributed by atoms with E-state index in [1.807, 2.05) is 13.8 Å². The van der Waals surface area contributed by atoms with E-state index in [1.54, 1.807) is 6.92 Å². The molecule has 1 aliphatic heterocycles. The minimum Gasteiger partial charge on any atom is -0.392 e. The number of Topliss-reactive ketones (excluding diaryl/α,β-unsaturated/α-hetero) is 2. The van der Waals surface area contributed by atoms with Gasteiger partial charge in [0, 0.05) is 18.6 Å². The molecular formula is C19H37N3O3. The topological polar surface area (TPSA) is 81.7 Å². The molecule has 1 saturated heterocycles. The third-order valence-electron chi connectivity index (χ3n) is 4.84. The molecule has 0 saturated carbocycles. The summed E-state index contributed by atoms with van der Waals surface area (Å²) in [5.41, 5.74) is 0. The van der Waals surface area contributed by atoms with Crippen LogP contribution in [0.5, 0.6) is 0 Å². The normalized spacial score (nSPS) is 22.7. The molecule has 3 unspecified atom stereocenters. The number of nitrogens with one attached hydrogen (secondary N) is 2. The molecule has 3 atom stereocenters. The van der Waals surface area contributed by atoms with Gasteiger partial charge in [-0.1, -0.05) is 20.3 Å². The maximum atomic E-state index is 12.5. The van der Waals surface area contributed by atoms with Gasteiger partial charge >= 0.3 is 0 Å². The Morgan fingerprint density at radius 2 is 1.84 bits per heavy atom. The van der Waals surface area contributed by atoms with Crippen LogP contribution in [0.15, 0.2) is 0 Å². The third-order valence-corrected chi connectivity index (χ3v) is 4.84. The summed E-state index contributed by atoms with van der Waals surface area (Å²) in [6.45, 7) is 11.6. The summed E-state index contributed by atoms with van der Waals surface area (Å²) in [7, 11) is 0. The van der Waals surface area contributed by atoms with Gasteiger partial charge in [0.1, 0.15) is 5.78 Å². The van der Waals surface area contributed by atoms with Crippen LogP contribution in [-0.2, 0) is 9.59 Å². The van der Waals surface area contributed by atoms with Gasteiger partial charge in [-0.2, -0.15) is 0 Å². The van der Waals surface area contributed by atoms with Gasteiger partial charge in [0.05, 0.1) is 24.7 Å². The maximum Gasteiger partial charge on any atom is 0.163 e. The molecule has 1 fully saturated rings. The molecule has 1 aliphatic rings. The van der Waals surface area contributed by atoms with Crippen molar-refractivity contribution in [2.24, 2.45) is 0 Å². The summed E-state index contributed by atoms with van der Waals surface area (Å²) in [5.74, 6) is 0.148. The van der Waals surface area contributed by atoms with Crippen LogP contribution in [0.3, 0.4) is 0 Å². The Kier molecular flexibility index (Phi) is 9.79. The molecule has 0 spiro atoms. The highest BCUT2D eigenvalue weighted by Gasteiger charge is 2.36. The van der Waals surface area contributed by atoms with Crippen molar-refractivity contribution in [3.8, 4) is 0 Å². The molecule has 1 rings (SSSR count). The summed E-state index contributed by atoms with van der Waals surface area (Å²) in [6, 6.07) is 0.195. The number of hydrogen-bond donors (Lipinski definition) is 3. The van der Waals surface area contributed by atoms with Crippen LogP contribution in [0.25, 0.3) is 0 Å². The average molecular weight is 356 g/mol. The highest BCUT2D eigenvalue weighted by atomic mass is 16.3. The van der Waals surface area contributed by atoms with E-state index in [0.29, 0.717) is 19.0 Å². The molecule has 146 valence electrons. The van der Waals surface area contributed by atoms with Gasteiger partial charge in [-0.3, -0.25) is 14.5 Å². The van der Waals surface area contributed by atoms with Crippen LogP contribution in [-0.4, -0.2) is 71.5 Å². The zero-order valence-corrected chi connectivity index (χ0v) is 16.5. The zero-order chi connectivity index (χ0) is 19.0. The summed E-state index contributed by atoms with van der Waals surface area (Å²) in [6.07, 6.45) is 2.78. The highest BCUT2D eigenvalue weighted by Crippen LogP contribution is 2.21. The second kappa shape index (κ2) is 11.0. The molecular weight excluding hydrogens is 318 g/mol. The van der Waals surface area contributed by atoms with Gasteiger partial charge in [-0.15, -0.1) is 0 Å². The van der Waals surface area contributed by atoms with Crippen molar-refractivity contribution in [2.45, 2.75) is 90.6 Å². The van der Waals surface area contributed by atoms with Crippen molar-refractivity contribution in [3.63, 3.8) is 0 Å². The first kappa shape index (κ1) is 22.2. The number of carbonyl (C=O) groups excluding carboxylic acids is 2. The van der Waals surface area contributed by atoms with Crippen LogP contribution >= 0.6 is 0 Å². The number of β-amino-alcohol motifs (C(OH)–C–C–N with tert-alkyl or cyclic N) is 1. The van der Waals surface area contributed by atoms with Crippen LogP contribution in [0.2, 0.25) is 0 Å². The fourth-order valence-electron chi connectivity index (χ4n) is 3.38. The first-order chi connectivity index (χ1) is 11.7. The molecule has 0 aromatic carbocycles. The lowest BCUT2D eigenvalue weighted by atomic mass is 10.0. The van der Waals surface area contributed by atoms with Crippen LogP contribution < -0.4 is 10.6 Å². The van der Waals surface area contributed by atoms with Crippen molar-refractivity contribution >= 4 is 11.6 Å². The molecule has 1 heterocycles. The Bertz CT molecular complexity index is 426. The monoisotopic (exact) mass is 355 g/mol. The van der Waals surface area contributed by atoms with Crippen molar-refractivity contribution in [2.75, 3.05) is 19.6 Å². The quantitative estimate of drug-likeness (QED) is 0.455. The Morgan fingerprint density at radius 1 is 1.16 bits per heavy atom. The maximum absolute atomic E-state index is 12.5. The number of aliphatic hydroxyl groups excluding tert-OH is 1. The molecule has 0 amide bonds. The molecule has 0 aliphatic carbocycles. The van der Waals surface area contributed by atoms with E-state index in [-0.39, 0.29) is 36.2 Å². The molecule has 25 heavy (non-hydrogen) atoms. The number of nitrogens with zero attached hydrogens (tertiary/aromatic N) is 1. The Morgan fingerprint density at radius 3 is 2.40 bits per heavy atom. The molecule has 6 nitrogen and oxygen atoms in total. The summed E-state index contributed by atoms with van der Waals surface area (Å²) < 4.78 is 0. The minimum absolute atomic E-state index is 0.0676. The fraction of sp³-hybridized carbons (Fsp3) is 0.895. The van der Waals surface area contributed by atoms with Crippen LogP contribution in [0, 0.1) is 0 Å². The SMILES string of the molecule is CC(=O)C(CCCCNC(C)C)NCC(=O)C1CC(O)CN1C(C)C. The number of ketones is 2. The summed E-state index contributed by atoms with van der Waals surface area (Å²) in [5, 5.41) is 16.4. The number of carbonyl (C=O) groups is 2. The van der Waals surface area contributed by atoms with Crippen molar-refractivity contribution in [3.05, 3.63) is 0 Å². The van der Waals surface area contributed by atoms with Crippen molar-refractivity contribution < 1.29 is 14.7 Å². The zero-order valence-electron chi connectivity index (χ0n) is 16.5. The van der Waals surface area contributed by atoms with Crippen molar-refractivity contribution in [1.29, 1.82) is 0 Å². The van der Waals surface area contributed by atoms with Crippen LogP contribution in [0.1, 0.15) is 60.3 Å². The van der Waals surface area contributed by atoms with Gasteiger partial charge in [0.25, 0.3) is 0 Å². The number of unbranched alkanes of at least 4 members (excludes halogenated alkanes) is 1. The third kappa shape index (κ3) is 7.94. The first-order valence-corrected chi connectivity index (χ1v) is 9.66. The molecule has 0 radical (unpaired) electrons. The second-order valence-electron chi connectivity index (χ2n) is 7.81. The van der Waals surface area contributed by atoms with E-state index in [1.165, 1.54) is 0 Å². The molecule has 0 aromatic rings. The van der Waals surface area contributed by atoms with Gasteiger partial charge < -0.3 is 15.7 Å². The highest BCUT2D eigenvalue weighted by molar-refractivity contribution is 5.87. The predicted octanol–water partition coefficient (Wildman–Crippen LogP) is 1.11. The van der Waals surface area contributed by atoms with Gasteiger partial charge in [0.15, 0.2) is 5.78 Å². The lowest BCUT2D eigenvalue weighted by Gasteiger charge is -2.27. The summed E-state index contributed by atoms with van der Waals surface area (Å²) >= 11 is 0. The smallest absolute Gasteiger partial charge is 0.163 e. The van der Waals surface area contributed by atoms with E-state index in [2.05, 4.69) is 29.4 Å². The molecule has 3 N–H and O–H groups in total. The van der Waals surface area contributed by atoms with Gasteiger partial charge in [0.2, 0.25) is 0 Å². The van der Waals surface area contributed by atoms with Crippen LogP contribution in [0.4, 0.5) is 0 Å². The van der Waals surface area contributed by atoms with E-state index in [0.717, 1.165) is 25.8 Å². The van der Waals surface area contributed by atoms with Crippen molar-refractivity contribution in [1.82, 2.24) is 15.5 Å². The largest absolute Gasteiger partial charge is 0.392 e. The minimum atomic E-state index is -0.437. The van der Waals surface area contributed by atoms with E-state index < -0.39 is 6.10 Å². The Balaban J connectivity index is 2.40. The number of rotatable bonds is 12. The number of hydrogen-bond acceptors (Lipinski definition) is 6. The molecule has 0 aromatic heterocycles. The lowest BCUT2D eigenvalue weighted by molar-refractivity contribution is -0.123. The average Bonchev–Trinajstić information content (AvgIpc) is 2.91. The fourth-order valence-corrected chi connectivity index (χ4v) is 3.38. The van der Waals surface area contributed by atoms with E-state index in [9.17, 15) is 14.7 Å². The second-order valence-corrected chi connectivity index (χ2v) is 7.81. The van der Waals surface area contributed by atoms with E-state index in [4.69, 9.17) is 0 Å². The van der Waals surface area contributed by atoms with Gasteiger partial charge in [-0.25, -0.2) is 0 Å². The summed E-state index contributed by atoms with van der Waals surface area (Å²) in [4.78, 5) is 26.4.